The van der Waals surface area contributed by atoms with Crippen LogP contribution in [0, 0.1) is 5.41 Å². The minimum atomic E-state index is -0.557. The van der Waals surface area contributed by atoms with E-state index < -0.39 is 5.54 Å². The van der Waals surface area contributed by atoms with Crippen LogP contribution in [-0.2, 0) is 12.0 Å². The second-order valence-electron chi connectivity index (χ2n) is 5.27. The van der Waals surface area contributed by atoms with Gasteiger partial charge in [0.15, 0.2) is 0 Å². The molecule has 1 aromatic carbocycles. The van der Waals surface area contributed by atoms with Gasteiger partial charge in [-0.15, -0.1) is 0 Å². The Hall–Kier alpha value is -1.84. The van der Waals surface area contributed by atoms with Gasteiger partial charge in [-0.1, -0.05) is 24.3 Å². The van der Waals surface area contributed by atoms with Crippen LogP contribution >= 0.6 is 0 Å². The van der Waals surface area contributed by atoms with Crippen LogP contribution in [0.15, 0.2) is 24.3 Å². The lowest BCUT2D eigenvalue weighted by molar-refractivity contribution is 0.171. The van der Waals surface area contributed by atoms with Gasteiger partial charge in [0.1, 0.15) is 11.4 Å². The number of rotatable bonds is 1. The molecule has 1 spiro atoms. The van der Waals surface area contributed by atoms with Gasteiger partial charge in [0.2, 0.25) is 0 Å². The third kappa shape index (κ3) is 1.59. The lowest BCUT2D eigenvalue weighted by Crippen LogP contribution is -2.46. The molecule has 1 saturated heterocycles. The van der Waals surface area contributed by atoms with Crippen molar-refractivity contribution < 1.29 is 4.79 Å². The first-order valence-corrected chi connectivity index (χ1v) is 6.96. The summed E-state index contributed by atoms with van der Waals surface area (Å²) in [6.45, 7) is 2.61. The van der Waals surface area contributed by atoms with Crippen LogP contribution in [0.2, 0.25) is 0 Å². The van der Waals surface area contributed by atoms with Gasteiger partial charge < -0.3 is 4.90 Å². The summed E-state index contributed by atoms with van der Waals surface area (Å²) in [5.41, 5.74) is 1.86. The summed E-state index contributed by atoms with van der Waals surface area (Å²) in [5.74, 6) is 0.341. The maximum Gasteiger partial charge on any atom is 0.323 e. The summed E-state index contributed by atoms with van der Waals surface area (Å²) in [5, 5.41) is 11.0. The average Bonchev–Trinajstić information content (AvgIpc) is 2.57. The summed E-state index contributed by atoms with van der Waals surface area (Å²) < 4.78 is 0. The molecule has 2 aliphatic rings. The van der Waals surface area contributed by atoms with Crippen molar-refractivity contribution in [1.82, 2.24) is 10.2 Å². The second kappa shape index (κ2) is 4.37. The van der Waals surface area contributed by atoms with Crippen molar-refractivity contribution in [3.05, 3.63) is 35.4 Å². The highest BCUT2D eigenvalue weighted by Gasteiger charge is 2.51. The lowest BCUT2D eigenvalue weighted by atomic mass is 9.83. The third-order valence-corrected chi connectivity index (χ3v) is 4.37. The molecule has 4 heteroatoms. The number of hydrogen-bond donors (Lipinski definition) is 2. The van der Waals surface area contributed by atoms with Gasteiger partial charge in [-0.2, -0.15) is 0 Å². The van der Waals surface area contributed by atoms with E-state index in [4.69, 9.17) is 5.41 Å². The van der Waals surface area contributed by atoms with E-state index in [1.165, 1.54) is 5.56 Å². The number of urea groups is 1. The zero-order chi connectivity index (χ0) is 13.5. The molecule has 1 aliphatic heterocycles. The third-order valence-electron chi connectivity index (χ3n) is 4.37. The van der Waals surface area contributed by atoms with Crippen molar-refractivity contribution in [2.45, 2.75) is 38.1 Å². The highest BCUT2D eigenvalue weighted by Crippen LogP contribution is 2.42. The van der Waals surface area contributed by atoms with Crippen LogP contribution in [0.3, 0.4) is 0 Å². The Morgan fingerprint density at radius 3 is 2.95 bits per heavy atom. The van der Waals surface area contributed by atoms with Crippen molar-refractivity contribution in [2.24, 2.45) is 0 Å². The first-order chi connectivity index (χ1) is 9.20. The zero-order valence-electron chi connectivity index (χ0n) is 11.2. The van der Waals surface area contributed by atoms with E-state index in [0.717, 1.165) is 31.2 Å². The molecule has 1 unspecified atom stereocenters. The van der Waals surface area contributed by atoms with Crippen LogP contribution in [-0.4, -0.2) is 23.3 Å². The molecule has 0 bridgehead atoms. The number of benzene rings is 1. The first kappa shape index (κ1) is 12.2. The molecule has 1 aromatic rings. The minimum absolute atomic E-state index is 0.135. The van der Waals surface area contributed by atoms with Gasteiger partial charge in [0.25, 0.3) is 0 Å². The standard InChI is InChI=1S/C15H19N3O/c1-2-18-14(19)17-13(16)15(18)10-6-5-8-11-7-3-4-9-12(11)15/h3-4,7,9H,2,5-6,8,10H2,1H3,(H2,16,17,19). The highest BCUT2D eigenvalue weighted by atomic mass is 16.2. The fourth-order valence-corrected chi connectivity index (χ4v) is 3.51. The smallest absolute Gasteiger partial charge is 0.308 e. The van der Waals surface area contributed by atoms with Crippen molar-refractivity contribution in [3.8, 4) is 0 Å². The highest BCUT2D eigenvalue weighted by molar-refractivity contribution is 6.09. The molecule has 2 N–H and O–H groups in total. The molecule has 4 nitrogen and oxygen atoms in total. The number of aryl methyl sites for hydroxylation is 1. The van der Waals surface area contributed by atoms with Gasteiger partial charge in [0, 0.05) is 6.54 Å². The Morgan fingerprint density at radius 2 is 2.16 bits per heavy atom. The largest absolute Gasteiger partial charge is 0.323 e. The Kier molecular flexibility index (Phi) is 2.81. The van der Waals surface area contributed by atoms with Gasteiger partial charge in [-0.05, 0) is 43.7 Å². The summed E-state index contributed by atoms with van der Waals surface area (Å²) in [6, 6.07) is 8.13. The topological polar surface area (TPSA) is 56.2 Å². The maximum atomic E-state index is 12.1. The lowest BCUT2D eigenvalue weighted by Gasteiger charge is -2.36. The van der Waals surface area contributed by atoms with Crippen LogP contribution in [0.1, 0.15) is 37.3 Å². The number of amides is 2. The van der Waals surface area contributed by atoms with Gasteiger partial charge in [-0.25, -0.2) is 4.79 Å². The maximum absolute atomic E-state index is 12.1. The number of fused-ring (bicyclic) bond motifs is 2. The predicted octanol–water partition coefficient (Wildman–Crippen LogP) is 2.63. The summed E-state index contributed by atoms with van der Waals surface area (Å²) in [7, 11) is 0. The molecule has 0 saturated carbocycles. The van der Waals surface area contributed by atoms with Crippen LogP contribution < -0.4 is 5.32 Å². The number of carbonyl (C=O) groups excluding carboxylic acids is 1. The van der Waals surface area contributed by atoms with Crippen molar-refractivity contribution >= 4 is 11.9 Å². The molecule has 0 aromatic heterocycles. The van der Waals surface area contributed by atoms with Gasteiger partial charge >= 0.3 is 6.03 Å². The summed E-state index contributed by atoms with van der Waals surface area (Å²) >= 11 is 0. The molecule has 1 atom stereocenters. The van der Waals surface area contributed by atoms with Gasteiger partial charge in [0.05, 0.1) is 0 Å². The summed E-state index contributed by atoms with van der Waals surface area (Å²) in [6.07, 6.45) is 4.05. The molecular weight excluding hydrogens is 238 g/mol. The number of carbonyl (C=O) groups is 1. The number of amidine groups is 1. The van der Waals surface area contributed by atoms with Crippen molar-refractivity contribution in [3.63, 3.8) is 0 Å². The molecule has 100 valence electrons. The van der Waals surface area contributed by atoms with Crippen LogP contribution in [0.5, 0.6) is 0 Å². The van der Waals surface area contributed by atoms with E-state index in [1.807, 2.05) is 24.0 Å². The average molecular weight is 257 g/mol. The van der Waals surface area contributed by atoms with E-state index in [9.17, 15) is 4.79 Å². The molecule has 1 fully saturated rings. The first-order valence-electron chi connectivity index (χ1n) is 6.96. The van der Waals surface area contributed by atoms with E-state index in [-0.39, 0.29) is 6.03 Å². The van der Waals surface area contributed by atoms with Crippen LogP contribution in [0.4, 0.5) is 4.79 Å². The Bertz CT molecular complexity index is 540. The van der Waals surface area contributed by atoms with Crippen molar-refractivity contribution in [2.75, 3.05) is 6.54 Å². The monoisotopic (exact) mass is 257 g/mol. The molecule has 3 rings (SSSR count). The number of nitrogens with zero attached hydrogens (tertiary/aromatic N) is 1. The summed E-state index contributed by atoms with van der Waals surface area (Å²) in [4.78, 5) is 13.9. The SMILES string of the molecule is CCN1C(=O)NC(=N)C12CCCCc1ccccc12. The Balaban J connectivity index is 2.22. The van der Waals surface area contributed by atoms with E-state index in [0.29, 0.717) is 12.4 Å². The quantitative estimate of drug-likeness (QED) is 0.798. The van der Waals surface area contributed by atoms with E-state index in [2.05, 4.69) is 17.4 Å². The van der Waals surface area contributed by atoms with E-state index >= 15 is 0 Å². The zero-order valence-corrected chi connectivity index (χ0v) is 11.2. The molecule has 1 heterocycles. The fraction of sp³-hybridized carbons (Fsp3) is 0.467. The second-order valence-corrected chi connectivity index (χ2v) is 5.27. The minimum Gasteiger partial charge on any atom is -0.308 e. The molecule has 2 amide bonds. The Labute approximate surface area is 113 Å². The normalized spacial score (nSPS) is 26.3. The molecule has 1 aliphatic carbocycles. The number of nitrogens with one attached hydrogen (secondary N) is 2. The van der Waals surface area contributed by atoms with E-state index in [1.54, 1.807) is 0 Å². The predicted molar refractivity (Wildman–Crippen MR) is 74.3 cm³/mol. The molecular formula is C15H19N3O. The molecule has 0 radical (unpaired) electrons. The van der Waals surface area contributed by atoms with Gasteiger partial charge in [-0.3, -0.25) is 10.7 Å². The number of likely N-dealkylation sites (N-methyl/N-ethyl adjacent to an activating group) is 1. The van der Waals surface area contributed by atoms with Crippen molar-refractivity contribution in [1.29, 1.82) is 5.41 Å². The molecule has 19 heavy (non-hydrogen) atoms. The Morgan fingerprint density at radius 1 is 1.37 bits per heavy atom. The number of hydrogen-bond acceptors (Lipinski definition) is 2. The fourth-order valence-electron chi connectivity index (χ4n) is 3.51. The van der Waals surface area contributed by atoms with Crippen LogP contribution in [0.25, 0.3) is 0 Å².